The average Bonchev–Trinajstić information content (AvgIpc) is 3.14. The minimum atomic E-state index is -0.353. The molecule has 0 saturated carbocycles. The molecule has 0 radical (unpaired) electrons. The van der Waals surface area contributed by atoms with E-state index in [9.17, 15) is 4.79 Å². The first-order valence-electron chi connectivity index (χ1n) is 8.29. The van der Waals surface area contributed by atoms with Crippen molar-refractivity contribution in [1.82, 2.24) is 10.3 Å². The summed E-state index contributed by atoms with van der Waals surface area (Å²) < 4.78 is 15.7. The highest BCUT2D eigenvalue weighted by atomic mass is 16.6. The Morgan fingerprint density at radius 3 is 2.46 bits per heavy atom. The van der Waals surface area contributed by atoms with Crippen molar-refractivity contribution in [2.45, 2.75) is 13.3 Å². The third kappa shape index (κ3) is 4.60. The van der Waals surface area contributed by atoms with E-state index in [-0.39, 0.29) is 18.3 Å². The molecule has 134 valence electrons. The predicted octanol–water partition coefficient (Wildman–Crippen LogP) is 3.54. The Bertz CT molecular complexity index is 832. The van der Waals surface area contributed by atoms with Crippen molar-refractivity contribution in [1.29, 1.82) is 0 Å². The smallest absolute Gasteiger partial charge is 0.263 e. The zero-order chi connectivity index (χ0) is 18.2. The molecule has 1 amide bonds. The van der Waals surface area contributed by atoms with E-state index >= 15 is 0 Å². The first kappa shape index (κ1) is 17.5. The maximum Gasteiger partial charge on any atom is 0.263 e. The van der Waals surface area contributed by atoms with Gasteiger partial charge in [0.2, 0.25) is 5.82 Å². The van der Waals surface area contributed by atoms with Crippen LogP contribution in [-0.4, -0.2) is 29.4 Å². The molecule has 0 unspecified atom stereocenters. The molecule has 0 aliphatic carbocycles. The van der Waals surface area contributed by atoms with Gasteiger partial charge < -0.3 is 14.8 Å². The number of carbonyl (C=O) groups is 1. The molecule has 1 heterocycles. The van der Waals surface area contributed by atoms with Gasteiger partial charge in [0, 0.05) is 5.56 Å². The van der Waals surface area contributed by atoms with E-state index in [2.05, 4.69) is 15.6 Å². The summed E-state index contributed by atoms with van der Waals surface area (Å²) >= 11 is 0. The molecule has 0 saturated heterocycles. The fourth-order valence-corrected chi connectivity index (χ4v) is 2.22. The van der Waals surface area contributed by atoms with Crippen LogP contribution in [0.5, 0.6) is 11.5 Å². The van der Waals surface area contributed by atoms with Crippen molar-refractivity contribution in [3.05, 3.63) is 54.6 Å². The van der Waals surface area contributed by atoms with Gasteiger partial charge in [-0.3, -0.25) is 4.79 Å². The lowest BCUT2D eigenvalue weighted by atomic mass is 10.1. The van der Waals surface area contributed by atoms with Crippen molar-refractivity contribution < 1.29 is 18.9 Å². The highest BCUT2D eigenvalue weighted by Gasteiger charge is 2.15. The fraction of sp³-hybridized carbons (Fsp3) is 0.211. The highest BCUT2D eigenvalue weighted by molar-refractivity contribution is 5.94. The maximum absolute atomic E-state index is 12.1. The minimum Gasteiger partial charge on any atom is -0.494 e. The molecule has 3 aromatic rings. The number of amides is 1. The van der Waals surface area contributed by atoms with E-state index < -0.39 is 0 Å². The van der Waals surface area contributed by atoms with Gasteiger partial charge in [0.05, 0.1) is 6.61 Å². The lowest BCUT2D eigenvalue weighted by Crippen LogP contribution is -2.20. The van der Waals surface area contributed by atoms with Gasteiger partial charge in [-0.1, -0.05) is 25.1 Å². The second-order valence-electron chi connectivity index (χ2n) is 5.48. The molecule has 0 aliphatic heterocycles. The molecule has 7 nitrogen and oxygen atoms in total. The quantitative estimate of drug-likeness (QED) is 0.666. The Morgan fingerprint density at radius 1 is 1.00 bits per heavy atom. The molecule has 0 atom stereocenters. The highest BCUT2D eigenvalue weighted by Crippen LogP contribution is 2.26. The van der Waals surface area contributed by atoms with E-state index in [0.29, 0.717) is 18.1 Å². The van der Waals surface area contributed by atoms with Gasteiger partial charge in [-0.15, -0.1) is 0 Å². The lowest BCUT2D eigenvalue weighted by molar-refractivity contribution is -0.118. The van der Waals surface area contributed by atoms with Gasteiger partial charge in [-0.2, -0.15) is 0 Å². The summed E-state index contributed by atoms with van der Waals surface area (Å²) in [7, 11) is 0. The molecule has 0 spiro atoms. The molecule has 26 heavy (non-hydrogen) atoms. The van der Waals surface area contributed by atoms with Gasteiger partial charge in [-0.05, 0) is 53.1 Å². The number of nitrogens with one attached hydrogen (secondary N) is 1. The van der Waals surface area contributed by atoms with Crippen LogP contribution in [-0.2, 0) is 4.79 Å². The number of anilines is 1. The van der Waals surface area contributed by atoms with E-state index in [0.717, 1.165) is 17.7 Å². The zero-order valence-electron chi connectivity index (χ0n) is 14.3. The number of para-hydroxylation sites is 1. The number of aromatic nitrogens is 2. The summed E-state index contributed by atoms with van der Waals surface area (Å²) in [6, 6.07) is 16.4. The SMILES string of the molecule is CCCOc1ccc(-c2nonc2NC(=O)COc2ccccc2)cc1. The monoisotopic (exact) mass is 353 g/mol. The average molecular weight is 353 g/mol. The van der Waals surface area contributed by atoms with Crippen LogP contribution in [0, 0.1) is 0 Å². The van der Waals surface area contributed by atoms with Crippen molar-refractivity contribution in [3.63, 3.8) is 0 Å². The van der Waals surface area contributed by atoms with E-state index in [4.69, 9.17) is 14.1 Å². The predicted molar refractivity (Wildman–Crippen MR) is 96.1 cm³/mol. The van der Waals surface area contributed by atoms with Gasteiger partial charge in [-0.25, -0.2) is 4.63 Å². The van der Waals surface area contributed by atoms with Gasteiger partial charge in [0.25, 0.3) is 5.91 Å². The minimum absolute atomic E-state index is 0.139. The van der Waals surface area contributed by atoms with Crippen molar-refractivity contribution in [2.75, 3.05) is 18.5 Å². The molecule has 0 fully saturated rings. The van der Waals surface area contributed by atoms with Gasteiger partial charge >= 0.3 is 0 Å². The van der Waals surface area contributed by atoms with Crippen molar-refractivity contribution in [2.24, 2.45) is 0 Å². The van der Waals surface area contributed by atoms with Crippen LogP contribution in [0.25, 0.3) is 11.3 Å². The number of nitrogens with zero attached hydrogens (tertiary/aromatic N) is 2. The summed E-state index contributed by atoms with van der Waals surface area (Å²) in [5, 5.41) is 10.3. The normalized spacial score (nSPS) is 10.3. The third-order valence-electron chi connectivity index (χ3n) is 3.46. The number of rotatable bonds is 8. The Kier molecular flexibility index (Phi) is 5.82. The first-order valence-corrected chi connectivity index (χ1v) is 8.29. The first-order chi connectivity index (χ1) is 12.8. The third-order valence-corrected chi connectivity index (χ3v) is 3.46. The van der Waals surface area contributed by atoms with Gasteiger partial charge in [0.1, 0.15) is 11.5 Å². The molecular formula is C19H19N3O4. The molecular weight excluding hydrogens is 334 g/mol. The molecule has 7 heteroatoms. The summed E-state index contributed by atoms with van der Waals surface area (Å²) in [4.78, 5) is 12.1. The molecule has 0 bridgehead atoms. The van der Waals surface area contributed by atoms with Crippen molar-refractivity contribution >= 4 is 11.7 Å². The van der Waals surface area contributed by atoms with Crippen LogP contribution in [0.1, 0.15) is 13.3 Å². The Labute approximate surface area is 150 Å². The number of hydrogen-bond acceptors (Lipinski definition) is 6. The largest absolute Gasteiger partial charge is 0.494 e. The standard InChI is InChI=1S/C19H19N3O4/c1-2-12-24-16-10-8-14(9-11-16)18-19(22-26-21-18)20-17(23)13-25-15-6-4-3-5-7-15/h3-11H,2,12-13H2,1H3,(H,20,22,23). The number of ether oxygens (including phenoxy) is 2. The number of hydrogen-bond donors (Lipinski definition) is 1. The fourth-order valence-electron chi connectivity index (χ4n) is 2.22. The number of carbonyl (C=O) groups excluding carboxylic acids is 1. The molecule has 1 N–H and O–H groups in total. The molecule has 2 aromatic carbocycles. The molecule has 0 aliphatic rings. The van der Waals surface area contributed by atoms with Crippen LogP contribution < -0.4 is 14.8 Å². The van der Waals surface area contributed by atoms with E-state index in [1.165, 1.54) is 0 Å². The summed E-state index contributed by atoms with van der Waals surface area (Å²) in [5.74, 6) is 1.28. The van der Waals surface area contributed by atoms with Crippen LogP contribution in [0.15, 0.2) is 59.2 Å². The van der Waals surface area contributed by atoms with Crippen molar-refractivity contribution in [3.8, 4) is 22.8 Å². The Hall–Kier alpha value is -3.35. The van der Waals surface area contributed by atoms with E-state index in [1.54, 1.807) is 12.1 Å². The maximum atomic E-state index is 12.1. The summed E-state index contributed by atoms with van der Waals surface area (Å²) in [6.07, 6.45) is 0.941. The Balaban J connectivity index is 1.62. The second-order valence-corrected chi connectivity index (χ2v) is 5.48. The van der Waals surface area contributed by atoms with Crippen LogP contribution in [0.2, 0.25) is 0 Å². The van der Waals surface area contributed by atoms with Crippen LogP contribution in [0.4, 0.5) is 5.82 Å². The topological polar surface area (TPSA) is 86.5 Å². The summed E-state index contributed by atoms with van der Waals surface area (Å²) in [5.41, 5.74) is 1.20. The molecule has 3 rings (SSSR count). The summed E-state index contributed by atoms with van der Waals surface area (Å²) in [6.45, 7) is 2.57. The second kappa shape index (κ2) is 8.66. The lowest BCUT2D eigenvalue weighted by Gasteiger charge is -2.07. The van der Waals surface area contributed by atoms with Crippen LogP contribution in [0.3, 0.4) is 0 Å². The van der Waals surface area contributed by atoms with E-state index in [1.807, 2.05) is 49.4 Å². The molecule has 1 aromatic heterocycles. The Morgan fingerprint density at radius 2 is 1.73 bits per heavy atom. The zero-order valence-corrected chi connectivity index (χ0v) is 14.3. The number of benzene rings is 2. The van der Waals surface area contributed by atoms with Gasteiger partial charge in [0.15, 0.2) is 12.3 Å². The van der Waals surface area contributed by atoms with Crippen LogP contribution >= 0.6 is 0 Å².